The minimum Gasteiger partial charge on any atom is -0.345 e. The SMILES string of the molecule is O=[C]Cn1cc2ccccc2c1. The number of nitrogens with zero attached hydrogens (tertiary/aromatic N) is 1. The maximum absolute atomic E-state index is 10.1. The van der Waals surface area contributed by atoms with E-state index in [0.717, 1.165) is 10.8 Å². The first kappa shape index (κ1) is 7.10. The molecule has 59 valence electrons. The Morgan fingerprint density at radius 2 is 1.75 bits per heavy atom. The van der Waals surface area contributed by atoms with E-state index in [0.29, 0.717) is 6.54 Å². The zero-order valence-electron chi connectivity index (χ0n) is 6.53. The number of hydrogen-bond donors (Lipinski definition) is 0. The predicted molar refractivity (Wildman–Crippen MR) is 47.6 cm³/mol. The minimum absolute atomic E-state index is 0.314. The van der Waals surface area contributed by atoms with Crippen LogP contribution in [0.5, 0.6) is 0 Å². The summed E-state index contributed by atoms with van der Waals surface area (Å²) in [5.74, 6) is 0. The second kappa shape index (κ2) is 2.81. The summed E-state index contributed by atoms with van der Waals surface area (Å²) in [6, 6.07) is 8.02. The zero-order valence-corrected chi connectivity index (χ0v) is 6.53. The van der Waals surface area contributed by atoms with Gasteiger partial charge in [-0.1, -0.05) is 24.3 Å². The molecule has 0 fully saturated rings. The van der Waals surface area contributed by atoms with E-state index in [1.807, 2.05) is 47.5 Å². The lowest BCUT2D eigenvalue weighted by molar-refractivity contribution is 0.545. The Morgan fingerprint density at radius 1 is 1.17 bits per heavy atom. The van der Waals surface area contributed by atoms with Crippen LogP contribution in [0, 0.1) is 0 Å². The summed E-state index contributed by atoms with van der Waals surface area (Å²) in [5, 5.41) is 2.32. The molecule has 2 rings (SSSR count). The van der Waals surface area contributed by atoms with Gasteiger partial charge in [0.15, 0.2) is 0 Å². The van der Waals surface area contributed by atoms with Crippen LogP contribution in [0.15, 0.2) is 36.7 Å². The highest BCUT2D eigenvalue weighted by Gasteiger charge is 1.95. The van der Waals surface area contributed by atoms with Crippen LogP contribution in [0.1, 0.15) is 0 Å². The van der Waals surface area contributed by atoms with Gasteiger partial charge in [-0.25, -0.2) is 0 Å². The van der Waals surface area contributed by atoms with Gasteiger partial charge in [-0.3, -0.25) is 4.79 Å². The normalized spacial score (nSPS) is 10.3. The maximum atomic E-state index is 10.1. The molecule has 0 saturated carbocycles. The summed E-state index contributed by atoms with van der Waals surface area (Å²) < 4.78 is 1.83. The average Bonchev–Trinajstić information content (AvgIpc) is 2.47. The fraction of sp³-hybridized carbons (Fsp3) is 0.100. The number of hydrogen-bond acceptors (Lipinski definition) is 1. The van der Waals surface area contributed by atoms with Crippen LogP contribution in [0.3, 0.4) is 0 Å². The van der Waals surface area contributed by atoms with Crippen LogP contribution in [0.2, 0.25) is 0 Å². The Kier molecular flexibility index (Phi) is 1.67. The molecule has 12 heavy (non-hydrogen) atoms. The Hall–Kier alpha value is -1.57. The molecule has 2 aromatic rings. The van der Waals surface area contributed by atoms with Gasteiger partial charge in [0.25, 0.3) is 0 Å². The Balaban J connectivity index is 2.54. The molecule has 0 aliphatic heterocycles. The Labute approximate surface area is 70.4 Å². The fourth-order valence-electron chi connectivity index (χ4n) is 1.31. The lowest BCUT2D eigenvalue weighted by Gasteiger charge is -1.88. The van der Waals surface area contributed by atoms with Gasteiger partial charge in [-0.05, 0) is 10.8 Å². The van der Waals surface area contributed by atoms with E-state index in [4.69, 9.17) is 0 Å². The molecule has 2 nitrogen and oxygen atoms in total. The minimum atomic E-state index is 0.314. The van der Waals surface area contributed by atoms with Crippen molar-refractivity contribution in [3.63, 3.8) is 0 Å². The fourth-order valence-corrected chi connectivity index (χ4v) is 1.31. The van der Waals surface area contributed by atoms with E-state index in [9.17, 15) is 4.79 Å². The van der Waals surface area contributed by atoms with E-state index in [1.165, 1.54) is 0 Å². The van der Waals surface area contributed by atoms with Crippen molar-refractivity contribution in [2.75, 3.05) is 0 Å². The standard InChI is InChI=1S/C10H8NO/c12-6-5-11-7-9-3-1-2-4-10(9)8-11/h1-4,7-8H,5H2. The molecule has 0 unspecified atom stereocenters. The van der Waals surface area contributed by atoms with Crippen molar-refractivity contribution in [1.29, 1.82) is 0 Å². The molecule has 1 heterocycles. The van der Waals surface area contributed by atoms with Crippen molar-refractivity contribution in [3.05, 3.63) is 36.7 Å². The lowest BCUT2D eigenvalue weighted by atomic mass is 10.2. The van der Waals surface area contributed by atoms with Gasteiger partial charge < -0.3 is 4.57 Å². The van der Waals surface area contributed by atoms with Crippen LogP contribution < -0.4 is 0 Å². The van der Waals surface area contributed by atoms with Crippen molar-refractivity contribution in [1.82, 2.24) is 4.57 Å². The molecule has 0 aliphatic carbocycles. The topological polar surface area (TPSA) is 22.0 Å². The summed E-state index contributed by atoms with van der Waals surface area (Å²) in [6.07, 6.45) is 5.75. The Bertz CT molecular complexity index is 370. The monoisotopic (exact) mass is 158 g/mol. The van der Waals surface area contributed by atoms with Crippen LogP contribution in [-0.2, 0) is 11.3 Å². The third-order valence-electron chi connectivity index (χ3n) is 1.85. The van der Waals surface area contributed by atoms with Crippen LogP contribution in [0.4, 0.5) is 0 Å². The number of fused-ring (bicyclic) bond motifs is 1. The predicted octanol–water partition coefficient (Wildman–Crippen LogP) is 1.75. The molecule has 1 aromatic carbocycles. The molecule has 0 atom stereocenters. The van der Waals surface area contributed by atoms with E-state index in [1.54, 1.807) is 0 Å². The first-order valence-corrected chi connectivity index (χ1v) is 3.80. The van der Waals surface area contributed by atoms with Crippen LogP contribution in [-0.4, -0.2) is 10.9 Å². The van der Waals surface area contributed by atoms with Crippen LogP contribution in [0.25, 0.3) is 10.8 Å². The molecular formula is C10H8NO. The van der Waals surface area contributed by atoms with Crippen molar-refractivity contribution >= 4 is 17.1 Å². The molecule has 0 bridgehead atoms. The van der Waals surface area contributed by atoms with Crippen LogP contribution >= 0.6 is 0 Å². The molecule has 0 N–H and O–H groups in total. The van der Waals surface area contributed by atoms with E-state index < -0.39 is 0 Å². The molecule has 0 aliphatic rings. The molecule has 0 spiro atoms. The average molecular weight is 158 g/mol. The maximum Gasteiger partial charge on any atom is 0.219 e. The first-order chi connectivity index (χ1) is 5.90. The number of benzene rings is 1. The molecule has 0 amide bonds. The van der Waals surface area contributed by atoms with E-state index in [2.05, 4.69) is 0 Å². The van der Waals surface area contributed by atoms with Crippen molar-refractivity contribution in [3.8, 4) is 0 Å². The highest BCUT2D eigenvalue weighted by Crippen LogP contribution is 2.13. The van der Waals surface area contributed by atoms with E-state index >= 15 is 0 Å². The first-order valence-electron chi connectivity index (χ1n) is 3.80. The third-order valence-corrected chi connectivity index (χ3v) is 1.85. The highest BCUT2D eigenvalue weighted by molar-refractivity contribution is 5.82. The quantitative estimate of drug-likeness (QED) is 0.652. The second-order valence-corrected chi connectivity index (χ2v) is 2.70. The van der Waals surface area contributed by atoms with E-state index in [-0.39, 0.29) is 0 Å². The lowest BCUT2D eigenvalue weighted by Crippen LogP contribution is -1.92. The van der Waals surface area contributed by atoms with Crippen molar-refractivity contribution in [2.24, 2.45) is 0 Å². The Morgan fingerprint density at radius 3 is 2.25 bits per heavy atom. The zero-order chi connectivity index (χ0) is 8.39. The largest absolute Gasteiger partial charge is 0.345 e. The van der Waals surface area contributed by atoms with Crippen molar-refractivity contribution < 1.29 is 4.79 Å². The van der Waals surface area contributed by atoms with Crippen molar-refractivity contribution in [2.45, 2.75) is 6.54 Å². The summed E-state index contributed by atoms with van der Waals surface area (Å²) >= 11 is 0. The van der Waals surface area contributed by atoms with Gasteiger partial charge in [-0.2, -0.15) is 0 Å². The third kappa shape index (κ3) is 1.11. The summed E-state index contributed by atoms with van der Waals surface area (Å²) in [4.78, 5) is 10.1. The van der Waals surface area contributed by atoms with Gasteiger partial charge in [-0.15, -0.1) is 0 Å². The molecule has 2 heteroatoms. The molecule has 1 radical (unpaired) electrons. The summed E-state index contributed by atoms with van der Waals surface area (Å²) in [6.45, 7) is 0.314. The van der Waals surface area contributed by atoms with Gasteiger partial charge in [0.2, 0.25) is 6.29 Å². The summed E-state index contributed by atoms with van der Waals surface area (Å²) in [7, 11) is 0. The number of carbonyl (C=O) groups excluding carboxylic acids is 1. The van der Waals surface area contributed by atoms with Gasteiger partial charge in [0, 0.05) is 12.4 Å². The number of aromatic nitrogens is 1. The van der Waals surface area contributed by atoms with Gasteiger partial charge >= 0.3 is 0 Å². The second-order valence-electron chi connectivity index (χ2n) is 2.70. The molecule has 1 aromatic heterocycles. The van der Waals surface area contributed by atoms with Gasteiger partial charge in [0.1, 0.15) is 0 Å². The molecule has 0 saturated heterocycles. The number of rotatable bonds is 2. The molecular weight excluding hydrogens is 150 g/mol. The van der Waals surface area contributed by atoms with Gasteiger partial charge in [0.05, 0.1) is 6.54 Å². The summed E-state index contributed by atoms with van der Waals surface area (Å²) in [5.41, 5.74) is 0. The highest BCUT2D eigenvalue weighted by atomic mass is 16.1. The smallest absolute Gasteiger partial charge is 0.219 e.